The molecule has 2 heterocycles. The number of hydrogen-bond donors (Lipinski definition) is 1. The van der Waals surface area contributed by atoms with Crippen LogP contribution in [0.1, 0.15) is 28.9 Å². The summed E-state index contributed by atoms with van der Waals surface area (Å²) in [5.41, 5.74) is 1.41. The molecule has 80 valence electrons. The molecule has 2 rings (SSSR count). The van der Waals surface area contributed by atoms with Gasteiger partial charge < -0.3 is 9.52 Å². The lowest BCUT2D eigenvalue weighted by molar-refractivity contribution is 0.207. The van der Waals surface area contributed by atoms with Crippen molar-refractivity contribution in [2.75, 3.05) is 0 Å². The monoisotopic (exact) mass is 207 g/mol. The Hall–Kier alpha value is -1.62. The van der Waals surface area contributed by atoms with E-state index in [9.17, 15) is 5.11 Å². The number of rotatable bonds is 2. The maximum atomic E-state index is 10.1. The Morgan fingerprint density at radius 2 is 2.20 bits per heavy atom. The normalized spacial score (nSPS) is 13.1. The van der Waals surface area contributed by atoms with Crippen molar-refractivity contribution < 1.29 is 9.52 Å². The number of aryl methyl sites for hydroxylation is 3. The van der Waals surface area contributed by atoms with E-state index in [1.54, 1.807) is 17.9 Å². The van der Waals surface area contributed by atoms with E-state index >= 15 is 0 Å². The van der Waals surface area contributed by atoms with Gasteiger partial charge in [-0.15, -0.1) is 5.10 Å². The molecule has 2 aromatic rings. The van der Waals surface area contributed by atoms with Crippen molar-refractivity contribution in [2.45, 2.75) is 20.0 Å². The first-order chi connectivity index (χ1) is 7.09. The van der Waals surface area contributed by atoms with Gasteiger partial charge in [0.15, 0.2) is 0 Å². The van der Waals surface area contributed by atoms with Gasteiger partial charge in [-0.3, -0.25) is 0 Å². The first-order valence-corrected chi connectivity index (χ1v) is 4.69. The number of nitrogens with zero attached hydrogens (tertiary/aromatic N) is 3. The third-order valence-electron chi connectivity index (χ3n) is 2.40. The molecular formula is C10H13N3O2. The Bertz CT molecular complexity index is 473. The first-order valence-electron chi connectivity index (χ1n) is 4.69. The van der Waals surface area contributed by atoms with Crippen molar-refractivity contribution in [3.8, 4) is 0 Å². The molecule has 5 nitrogen and oxygen atoms in total. The maximum Gasteiger partial charge on any atom is 0.126 e. The molecule has 0 aliphatic heterocycles. The van der Waals surface area contributed by atoms with Gasteiger partial charge in [0.1, 0.15) is 17.6 Å². The highest BCUT2D eigenvalue weighted by atomic mass is 16.3. The van der Waals surface area contributed by atoms with Crippen LogP contribution in [-0.4, -0.2) is 20.1 Å². The minimum atomic E-state index is -0.734. The molecular weight excluding hydrogens is 194 g/mol. The molecule has 0 radical (unpaired) electrons. The van der Waals surface area contributed by atoms with Gasteiger partial charge in [0, 0.05) is 12.6 Å². The quantitative estimate of drug-likeness (QED) is 0.801. The van der Waals surface area contributed by atoms with Crippen LogP contribution in [0.2, 0.25) is 0 Å². The topological polar surface area (TPSA) is 64.1 Å². The van der Waals surface area contributed by atoms with Crippen LogP contribution in [0, 0.1) is 13.8 Å². The van der Waals surface area contributed by atoms with Gasteiger partial charge in [-0.2, -0.15) is 0 Å². The van der Waals surface area contributed by atoms with Crippen molar-refractivity contribution in [3.05, 3.63) is 35.0 Å². The van der Waals surface area contributed by atoms with Crippen molar-refractivity contribution >= 4 is 0 Å². The highest BCUT2D eigenvalue weighted by Gasteiger charge is 2.19. The van der Waals surface area contributed by atoms with Gasteiger partial charge in [0.25, 0.3) is 0 Å². The van der Waals surface area contributed by atoms with Crippen LogP contribution in [0.5, 0.6) is 0 Å². The van der Waals surface area contributed by atoms with E-state index in [4.69, 9.17) is 4.42 Å². The molecule has 0 aliphatic carbocycles. The third kappa shape index (κ3) is 1.66. The first kappa shape index (κ1) is 9.92. The van der Waals surface area contributed by atoms with E-state index in [0.29, 0.717) is 5.69 Å². The standard InChI is InChI=1S/C10H13N3O2/c1-6-4-8(7(2)15-6)10(14)9-5-11-12-13(9)3/h4-5,10,14H,1-3H3. The smallest absolute Gasteiger partial charge is 0.126 e. The Morgan fingerprint density at radius 3 is 2.67 bits per heavy atom. The molecule has 0 amide bonds. The number of hydrogen-bond acceptors (Lipinski definition) is 4. The van der Waals surface area contributed by atoms with Crippen LogP contribution in [0.4, 0.5) is 0 Å². The van der Waals surface area contributed by atoms with E-state index < -0.39 is 6.10 Å². The predicted molar refractivity (Wildman–Crippen MR) is 53.2 cm³/mol. The summed E-state index contributed by atoms with van der Waals surface area (Å²) in [5.74, 6) is 1.51. The Morgan fingerprint density at radius 1 is 1.47 bits per heavy atom. The molecule has 5 heteroatoms. The fourth-order valence-electron chi connectivity index (χ4n) is 1.63. The zero-order valence-corrected chi connectivity index (χ0v) is 8.93. The average Bonchev–Trinajstić information content (AvgIpc) is 2.71. The number of aliphatic hydroxyl groups is 1. The second-order valence-corrected chi connectivity index (χ2v) is 3.55. The summed E-state index contributed by atoms with van der Waals surface area (Å²) in [4.78, 5) is 0. The van der Waals surface area contributed by atoms with Crippen LogP contribution in [0.15, 0.2) is 16.7 Å². The van der Waals surface area contributed by atoms with E-state index in [1.165, 1.54) is 0 Å². The molecule has 1 atom stereocenters. The molecule has 1 N–H and O–H groups in total. The molecule has 1 unspecified atom stereocenters. The van der Waals surface area contributed by atoms with Crippen LogP contribution < -0.4 is 0 Å². The molecule has 0 spiro atoms. The lowest BCUT2D eigenvalue weighted by atomic mass is 10.1. The highest BCUT2D eigenvalue weighted by molar-refractivity contribution is 5.28. The lowest BCUT2D eigenvalue weighted by Gasteiger charge is -2.08. The second-order valence-electron chi connectivity index (χ2n) is 3.55. The fraction of sp³-hybridized carbons (Fsp3) is 0.400. The minimum Gasteiger partial charge on any atom is -0.466 e. The van der Waals surface area contributed by atoms with Crippen LogP contribution in [0.25, 0.3) is 0 Å². The Labute approximate surface area is 87.3 Å². The zero-order valence-electron chi connectivity index (χ0n) is 8.93. The van der Waals surface area contributed by atoms with E-state index in [-0.39, 0.29) is 0 Å². The van der Waals surface area contributed by atoms with Crippen molar-refractivity contribution in [2.24, 2.45) is 7.05 Å². The van der Waals surface area contributed by atoms with E-state index in [2.05, 4.69) is 10.3 Å². The van der Waals surface area contributed by atoms with E-state index in [1.807, 2.05) is 19.9 Å². The predicted octanol–water partition coefficient (Wildman–Crippen LogP) is 1.11. The summed E-state index contributed by atoms with van der Waals surface area (Å²) >= 11 is 0. The van der Waals surface area contributed by atoms with Crippen LogP contribution >= 0.6 is 0 Å². The van der Waals surface area contributed by atoms with Gasteiger partial charge in [-0.05, 0) is 19.9 Å². The van der Waals surface area contributed by atoms with Gasteiger partial charge in [-0.1, -0.05) is 5.21 Å². The van der Waals surface area contributed by atoms with Crippen LogP contribution in [0.3, 0.4) is 0 Å². The lowest BCUT2D eigenvalue weighted by Crippen LogP contribution is -2.06. The summed E-state index contributed by atoms with van der Waals surface area (Å²) < 4.78 is 6.91. The van der Waals surface area contributed by atoms with Crippen LogP contribution in [-0.2, 0) is 7.05 Å². The summed E-state index contributed by atoms with van der Waals surface area (Å²) in [6.07, 6.45) is 0.814. The number of aromatic nitrogens is 3. The largest absolute Gasteiger partial charge is 0.466 e. The molecule has 0 saturated carbocycles. The molecule has 0 fully saturated rings. The molecule has 0 aliphatic rings. The second kappa shape index (κ2) is 3.51. The molecule has 0 saturated heterocycles. The maximum absolute atomic E-state index is 10.1. The van der Waals surface area contributed by atoms with Gasteiger partial charge >= 0.3 is 0 Å². The fourth-order valence-corrected chi connectivity index (χ4v) is 1.63. The summed E-state index contributed by atoms with van der Waals surface area (Å²) in [5, 5.41) is 17.6. The Balaban J connectivity index is 2.40. The average molecular weight is 207 g/mol. The summed E-state index contributed by atoms with van der Waals surface area (Å²) in [6.45, 7) is 3.68. The Kier molecular flexibility index (Phi) is 2.32. The number of furan rings is 1. The SMILES string of the molecule is Cc1cc(C(O)c2cnnn2C)c(C)o1. The highest BCUT2D eigenvalue weighted by Crippen LogP contribution is 2.26. The molecule has 15 heavy (non-hydrogen) atoms. The van der Waals surface area contributed by atoms with Crippen molar-refractivity contribution in [1.82, 2.24) is 15.0 Å². The summed E-state index contributed by atoms with van der Waals surface area (Å²) in [7, 11) is 1.74. The van der Waals surface area contributed by atoms with Gasteiger partial charge in [0.05, 0.1) is 11.9 Å². The van der Waals surface area contributed by atoms with E-state index in [0.717, 1.165) is 17.1 Å². The molecule has 2 aromatic heterocycles. The van der Waals surface area contributed by atoms with Gasteiger partial charge in [-0.25, -0.2) is 4.68 Å². The van der Waals surface area contributed by atoms with Crippen molar-refractivity contribution in [1.29, 1.82) is 0 Å². The summed E-state index contributed by atoms with van der Waals surface area (Å²) in [6, 6.07) is 1.83. The minimum absolute atomic E-state index is 0.652. The molecule has 0 bridgehead atoms. The van der Waals surface area contributed by atoms with Gasteiger partial charge in [0.2, 0.25) is 0 Å². The third-order valence-corrected chi connectivity index (χ3v) is 2.40. The number of aliphatic hydroxyl groups excluding tert-OH is 1. The molecule has 0 aromatic carbocycles. The zero-order chi connectivity index (χ0) is 11.0. The van der Waals surface area contributed by atoms with Crippen molar-refractivity contribution in [3.63, 3.8) is 0 Å².